The lowest BCUT2D eigenvalue weighted by molar-refractivity contribution is 0.297. The fourth-order valence-electron chi connectivity index (χ4n) is 4.42. The Bertz CT molecular complexity index is 1230. The predicted molar refractivity (Wildman–Crippen MR) is 124 cm³/mol. The fraction of sp³-hybridized carbons (Fsp3) is 0.292. The minimum absolute atomic E-state index is 0.0465. The zero-order valence-corrected chi connectivity index (χ0v) is 18.5. The number of hydrogen-bond acceptors (Lipinski definition) is 5. The summed E-state index contributed by atoms with van der Waals surface area (Å²) in [7, 11) is 0. The molecule has 0 aliphatic carbocycles. The van der Waals surface area contributed by atoms with Crippen molar-refractivity contribution in [3.05, 3.63) is 60.0 Å². The van der Waals surface area contributed by atoms with E-state index in [0.717, 1.165) is 39.3 Å². The number of fused-ring (bicyclic) bond motifs is 1. The second-order valence-corrected chi connectivity index (χ2v) is 10.2. The Kier molecular flexibility index (Phi) is 4.38. The normalized spacial score (nSPS) is 17.8. The Morgan fingerprint density at radius 1 is 0.967 bits per heavy atom. The molecule has 0 saturated carbocycles. The molecule has 0 spiro atoms. The molecule has 1 aliphatic heterocycles. The number of hydrogen-bond donors (Lipinski definition) is 2. The number of nitrogens with one attached hydrogen (secondary N) is 2. The molecule has 4 aromatic rings. The summed E-state index contributed by atoms with van der Waals surface area (Å²) in [6, 6.07) is 10.6. The first-order chi connectivity index (χ1) is 14.3. The van der Waals surface area contributed by atoms with Crippen LogP contribution in [0, 0.1) is 0 Å². The van der Waals surface area contributed by atoms with Crippen molar-refractivity contribution in [2.24, 2.45) is 0 Å². The van der Waals surface area contributed by atoms with Gasteiger partial charge in [-0.25, -0.2) is 4.98 Å². The van der Waals surface area contributed by atoms with E-state index in [0.29, 0.717) is 0 Å². The summed E-state index contributed by atoms with van der Waals surface area (Å²) in [5.41, 5.74) is 6.56. The van der Waals surface area contributed by atoms with Crippen molar-refractivity contribution in [3.8, 4) is 22.4 Å². The SMILES string of the molecule is CC1(C)C=C(c2nc3cnc(-c4ccc(-c5cn[nH]c5)cc4)cc3s2)CC(C)(C)N1. The lowest BCUT2D eigenvalue weighted by Gasteiger charge is -2.40. The molecule has 0 saturated heterocycles. The Hall–Kier alpha value is -2.83. The predicted octanol–water partition coefficient (Wildman–Crippen LogP) is 5.68. The summed E-state index contributed by atoms with van der Waals surface area (Å²) in [6.07, 6.45) is 8.91. The zero-order chi connectivity index (χ0) is 20.9. The van der Waals surface area contributed by atoms with Gasteiger partial charge in [0.15, 0.2) is 0 Å². The van der Waals surface area contributed by atoms with Crippen LogP contribution in [-0.4, -0.2) is 31.2 Å². The van der Waals surface area contributed by atoms with E-state index in [1.165, 1.54) is 10.3 Å². The minimum Gasteiger partial charge on any atom is -0.303 e. The lowest BCUT2D eigenvalue weighted by atomic mass is 9.84. The van der Waals surface area contributed by atoms with E-state index in [2.05, 4.69) is 84.6 Å². The Morgan fingerprint density at radius 3 is 2.43 bits per heavy atom. The van der Waals surface area contributed by atoms with E-state index in [1.807, 2.05) is 18.6 Å². The van der Waals surface area contributed by atoms with Crippen molar-refractivity contribution in [2.45, 2.75) is 45.2 Å². The van der Waals surface area contributed by atoms with Crippen LogP contribution < -0.4 is 5.32 Å². The molecule has 152 valence electrons. The van der Waals surface area contributed by atoms with Gasteiger partial charge in [-0.3, -0.25) is 10.1 Å². The van der Waals surface area contributed by atoms with Crippen molar-refractivity contribution in [1.82, 2.24) is 25.5 Å². The van der Waals surface area contributed by atoms with E-state index < -0.39 is 0 Å². The van der Waals surface area contributed by atoms with Crippen LogP contribution in [0.4, 0.5) is 0 Å². The monoisotopic (exact) mass is 415 g/mol. The van der Waals surface area contributed by atoms with Gasteiger partial charge in [0.05, 0.1) is 22.8 Å². The van der Waals surface area contributed by atoms with Crippen LogP contribution >= 0.6 is 11.3 Å². The van der Waals surface area contributed by atoms with Crippen LogP contribution in [0.3, 0.4) is 0 Å². The Morgan fingerprint density at radius 2 is 1.73 bits per heavy atom. The number of pyridine rings is 1. The third-order valence-corrected chi connectivity index (χ3v) is 6.48. The summed E-state index contributed by atoms with van der Waals surface area (Å²) in [4.78, 5) is 9.58. The van der Waals surface area contributed by atoms with E-state index in [9.17, 15) is 0 Å². The molecule has 0 bridgehead atoms. The van der Waals surface area contributed by atoms with Crippen molar-refractivity contribution in [3.63, 3.8) is 0 Å². The average Bonchev–Trinajstić information content (AvgIpc) is 3.35. The molecule has 0 amide bonds. The third-order valence-electron chi connectivity index (χ3n) is 5.39. The molecule has 1 aliphatic rings. The number of H-pyrrole nitrogens is 1. The van der Waals surface area contributed by atoms with E-state index in [1.54, 1.807) is 11.3 Å². The second-order valence-electron chi connectivity index (χ2n) is 9.20. The molecule has 0 atom stereocenters. The Balaban J connectivity index is 1.48. The van der Waals surface area contributed by atoms with Crippen LogP contribution in [0.15, 0.2) is 55.0 Å². The van der Waals surface area contributed by atoms with Gasteiger partial charge in [-0.1, -0.05) is 30.3 Å². The van der Waals surface area contributed by atoms with Gasteiger partial charge in [-0.2, -0.15) is 5.10 Å². The molecular formula is C24H25N5S. The van der Waals surface area contributed by atoms with Gasteiger partial charge in [0, 0.05) is 28.4 Å². The molecule has 0 fully saturated rings. The minimum atomic E-state index is -0.0465. The maximum absolute atomic E-state index is 4.90. The van der Waals surface area contributed by atoms with Crippen molar-refractivity contribution < 1.29 is 0 Å². The molecule has 5 rings (SSSR count). The lowest BCUT2D eigenvalue weighted by Crippen LogP contribution is -2.53. The van der Waals surface area contributed by atoms with Crippen molar-refractivity contribution in [1.29, 1.82) is 0 Å². The second kappa shape index (κ2) is 6.86. The first kappa shape index (κ1) is 19.2. The molecule has 1 aromatic carbocycles. The standard InChI is InChI=1S/C24H25N5S/c1-23(2)10-17(11-24(3,4)29-23)22-28-20-14-25-19(9-21(20)30-22)16-7-5-15(6-8-16)18-12-26-27-13-18/h5-10,12-14,29H,11H2,1-4H3,(H,26,27). The van der Waals surface area contributed by atoms with Crippen molar-refractivity contribution >= 4 is 27.1 Å². The number of rotatable bonds is 3. The number of aromatic nitrogens is 4. The maximum atomic E-state index is 4.90. The molecule has 2 N–H and O–H groups in total. The summed E-state index contributed by atoms with van der Waals surface area (Å²) in [5, 5.41) is 11.7. The smallest absolute Gasteiger partial charge is 0.120 e. The van der Waals surface area contributed by atoms with Crippen LogP contribution in [0.5, 0.6) is 0 Å². The van der Waals surface area contributed by atoms with Gasteiger partial charge in [0.25, 0.3) is 0 Å². The van der Waals surface area contributed by atoms with Crippen molar-refractivity contribution in [2.75, 3.05) is 0 Å². The summed E-state index contributed by atoms with van der Waals surface area (Å²) < 4.78 is 1.17. The molecular weight excluding hydrogens is 390 g/mol. The summed E-state index contributed by atoms with van der Waals surface area (Å²) in [6.45, 7) is 8.94. The average molecular weight is 416 g/mol. The number of thiazole rings is 1. The molecule has 3 aromatic heterocycles. The molecule has 0 unspecified atom stereocenters. The van der Waals surface area contributed by atoms with E-state index >= 15 is 0 Å². The van der Waals surface area contributed by atoms with Gasteiger partial charge in [-0.15, -0.1) is 11.3 Å². The van der Waals surface area contributed by atoms with Crippen LogP contribution in [0.25, 0.3) is 38.2 Å². The van der Waals surface area contributed by atoms with Gasteiger partial charge < -0.3 is 5.32 Å². The van der Waals surface area contributed by atoms with E-state index in [-0.39, 0.29) is 11.1 Å². The molecule has 6 heteroatoms. The molecule has 5 nitrogen and oxygen atoms in total. The molecule has 4 heterocycles. The highest BCUT2D eigenvalue weighted by molar-refractivity contribution is 7.19. The highest BCUT2D eigenvalue weighted by Gasteiger charge is 2.33. The fourth-order valence-corrected chi connectivity index (χ4v) is 5.41. The quantitative estimate of drug-likeness (QED) is 0.452. The van der Waals surface area contributed by atoms with Gasteiger partial charge in [0.1, 0.15) is 10.5 Å². The van der Waals surface area contributed by atoms with Gasteiger partial charge in [-0.05, 0) is 51.3 Å². The third kappa shape index (κ3) is 3.68. The van der Waals surface area contributed by atoms with Crippen LogP contribution in [0.1, 0.15) is 39.1 Å². The first-order valence-corrected chi connectivity index (χ1v) is 11.0. The van der Waals surface area contributed by atoms with Crippen LogP contribution in [0.2, 0.25) is 0 Å². The van der Waals surface area contributed by atoms with Crippen LogP contribution in [-0.2, 0) is 0 Å². The first-order valence-electron chi connectivity index (χ1n) is 10.2. The zero-order valence-electron chi connectivity index (χ0n) is 17.7. The topological polar surface area (TPSA) is 66.5 Å². The number of benzene rings is 1. The summed E-state index contributed by atoms with van der Waals surface area (Å²) >= 11 is 1.76. The largest absolute Gasteiger partial charge is 0.303 e. The molecule has 0 radical (unpaired) electrons. The summed E-state index contributed by atoms with van der Waals surface area (Å²) in [5.74, 6) is 0. The van der Waals surface area contributed by atoms with E-state index in [4.69, 9.17) is 4.98 Å². The number of aromatic amines is 1. The van der Waals surface area contributed by atoms with Gasteiger partial charge in [0.2, 0.25) is 0 Å². The highest BCUT2D eigenvalue weighted by Crippen LogP contribution is 2.37. The Labute approximate surface area is 180 Å². The maximum Gasteiger partial charge on any atom is 0.120 e. The van der Waals surface area contributed by atoms with Gasteiger partial charge >= 0.3 is 0 Å². The highest BCUT2D eigenvalue weighted by atomic mass is 32.1. The number of nitrogens with zero attached hydrogens (tertiary/aromatic N) is 3. The molecule has 30 heavy (non-hydrogen) atoms.